The number of hydrogen-bond acceptors (Lipinski definition) is 2. The van der Waals surface area contributed by atoms with E-state index < -0.39 is 0 Å². The molecule has 1 fully saturated rings. The average molecular weight is 368 g/mol. The Kier molecular flexibility index (Phi) is 8.12. The molecule has 1 aliphatic carbocycles. The highest BCUT2D eigenvalue weighted by atomic mass is 127. The first-order valence-electron chi connectivity index (χ1n) is 7.32. The Morgan fingerprint density at radius 2 is 2.00 bits per heavy atom. The minimum atomic E-state index is 0.391. The second-order valence-electron chi connectivity index (χ2n) is 5.79. The molecule has 1 rings (SSSR count). The van der Waals surface area contributed by atoms with Gasteiger partial charge in [0.25, 0.3) is 0 Å². The summed E-state index contributed by atoms with van der Waals surface area (Å²) in [6.07, 6.45) is 5.85. The molecule has 0 heterocycles. The molecule has 0 N–H and O–H groups in total. The van der Waals surface area contributed by atoms with Crippen LogP contribution in [0.5, 0.6) is 0 Å². The van der Waals surface area contributed by atoms with E-state index >= 15 is 0 Å². The van der Waals surface area contributed by atoms with Gasteiger partial charge >= 0.3 is 0 Å². The highest BCUT2D eigenvalue weighted by Crippen LogP contribution is 2.33. The van der Waals surface area contributed by atoms with E-state index in [0.29, 0.717) is 18.1 Å². The van der Waals surface area contributed by atoms with Gasteiger partial charge in [-0.2, -0.15) is 0 Å². The van der Waals surface area contributed by atoms with Crippen LogP contribution in [-0.4, -0.2) is 30.4 Å². The Morgan fingerprint density at radius 3 is 2.56 bits per heavy atom. The molecule has 0 aromatic heterocycles. The van der Waals surface area contributed by atoms with Crippen molar-refractivity contribution in [1.29, 1.82) is 0 Å². The zero-order valence-electron chi connectivity index (χ0n) is 12.3. The van der Waals surface area contributed by atoms with E-state index in [1.807, 2.05) is 7.11 Å². The third kappa shape index (κ3) is 4.97. The van der Waals surface area contributed by atoms with E-state index in [9.17, 15) is 0 Å². The quantitative estimate of drug-likeness (QED) is 0.493. The Balaban J connectivity index is 2.32. The molecule has 18 heavy (non-hydrogen) atoms. The summed E-state index contributed by atoms with van der Waals surface area (Å²) in [5.74, 6) is 2.13. The number of alkyl halides is 1. The molecule has 1 saturated carbocycles. The van der Waals surface area contributed by atoms with Crippen LogP contribution < -0.4 is 0 Å². The highest BCUT2D eigenvalue weighted by molar-refractivity contribution is 14.1. The van der Waals surface area contributed by atoms with Gasteiger partial charge < -0.3 is 9.47 Å². The van der Waals surface area contributed by atoms with Crippen molar-refractivity contribution in [1.82, 2.24) is 0 Å². The molecular formula is C15H29IO2. The first-order valence-corrected chi connectivity index (χ1v) is 8.85. The maximum Gasteiger partial charge on any atom is 0.0599 e. The van der Waals surface area contributed by atoms with Gasteiger partial charge in [-0.25, -0.2) is 0 Å². The fourth-order valence-corrected chi connectivity index (χ4v) is 3.52. The summed E-state index contributed by atoms with van der Waals surface area (Å²) < 4.78 is 12.8. The lowest BCUT2D eigenvalue weighted by molar-refractivity contribution is -0.0333. The van der Waals surface area contributed by atoms with Crippen LogP contribution in [0.3, 0.4) is 0 Å². The summed E-state index contributed by atoms with van der Waals surface area (Å²) in [7, 11) is 1.86. The third-order valence-electron chi connectivity index (χ3n) is 4.49. The standard InChI is InChI=1S/C15H29IO2/c1-5-14-8-13(6-7-15(14)17-4)10-18-12(3)11(2)9-16/h11-15H,5-10H2,1-4H3. The summed E-state index contributed by atoms with van der Waals surface area (Å²) in [5, 5.41) is 0. The summed E-state index contributed by atoms with van der Waals surface area (Å²) in [5.41, 5.74) is 0. The van der Waals surface area contributed by atoms with E-state index in [1.54, 1.807) is 0 Å². The molecule has 2 nitrogen and oxygen atoms in total. The summed E-state index contributed by atoms with van der Waals surface area (Å²) >= 11 is 2.44. The first kappa shape index (κ1) is 16.7. The van der Waals surface area contributed by atoms with Crippen LogP contribution in [0.4, 0.5) is 0 Å². The van der Waals surface area contributed by atoms with Gasteiger partial charge in [0, 0.05) is 18.1 Å². The molecular weight excluding hydrogens is 339 g/mol. The minimum absolute atomic E-state index is 0.391. The van der Waals surface area contributed by atoms with Crippen molar-refractivity contribution in [2.45, 2.75) is 58.7 Å². The van der Waals surface area contributed by atoms with Gasteiger partial charge in [-0.15, -0.1) is 0 Å². The van der Waals surface area contributed by atoms with Gasteiger partial charge in [0.1, 0.15) is 0 Å². The van der Waals surface area contributed by atoms with Crippen molar-refractivity contribution in [2.75, 3.05) is 18.1 Å². The lowest BCUT2D eigenvalue weighted by atomic mass is 9.78. The SMILES string of the molecule is CCC1CC(COC(C)C(C)CI)CCC1OC. The van der Waals surface area contributed by atoms with Gasteiger partial charge in [-0.05, 0) is 43.9 Å². The van der Waals surface area contributed by atoms with Crippen LogP contribution in [-0.2, 0) is 9.47 Å². The lowest BCUT2D eigenvalue weighted by Gasteiger charge is -2.35. The van der Waals surface area contributed by atoms with Crippen molar-refractivity contribution in [3.05, 3.63) is 0 Å². The van der Waals surface area contributed by atoms with Gasteiger partial charge in [-0.3, -0.25) is 0 Å². The van der Waals surface area contributed by atoms with E-state index in [0.717, 1.165) is 18.4 Å². The van der Waals surface area contributed by atoms with Crippen LogP contribution >= 0.6 is 22.6 Å². The molecule has 108 valence electrons. The maximum absolute atomic E-state index is 6.05. The molecule has 0 aromatic rings. The van der Waals surface area contributed by atoms with E-state index in [-0.39, 0.29) is 0 Å². The molecule has 5 atom stereocenters. The molecule has 0 aromatic carbocycles. The van der Waals surface area contributed by atoms with Crippen molar-refractivity contribution < 1.29 is 9.47 Å². The normalized spacial score (nSPS) is 32.2. The number of methoxy groups -OCH3 is 1. The van der Waals surface area contributed by atoms with Crippen molar-refractivity contribution in [2.24, 2.45) is 17.8 Å². The molecule has 5 unspecified atom stereocenters. The van der Waals surface area contributed by atoms with Crippen LogP contribution in [0, 0.1) is 17.8 Å². The smallest absolute Gasteiger partial charge is 0.0599 e. The monoisotopic (exact) mass is 368 g/mol. The highest BCUT2D eigenvalue weighted by Gasteiger charge is 2.29. The molecule has 1 aliphatic rings. The van der Waals surface area contributed by atoms with Crippen molar-refractivity contribution >= 4 is 22.6 Å². The lowest BCUT2D eigenvalue weighted by Crippen LogP contribution is -2.33. The third-order valence-corrected chi connectivity index (χ3v) is 5.88. The second-order valence-corrected chi connectivity index (χ2v) is 6.67. The zero-order valence-corrected chi connectivity index (χ0v) is 14.5. The predicted molar refractivity (Wildman–Crippen MR) is 85.4 cm³/mol. The number of rotatable bonds is 7. The average Bonchev–Trinajstić information content (AvgIpc) is 2.43. The fourth-order valence-electron chi connectivity index (χ4n) is 2.80. The Hall–Kier alpha value is 0.650. The summed E-state index contributed by atoms with van der Waals surface area (Å²) in [6.45, 7) is 7.70. The van der Waals surface area contributed by atoms with Gasteiger partial charge in [-0.1, -0.05) is 42.9 Å². The summed E-state index contributed by atoms with van der Waals surface area (Å²) in [6, 6.07) is 0. The minimum Gasteiger partial charge on any atom is -0.381 e. The fraction of sp³-hybridized carbons (Fsp3) is 1.00. The Labute approximate surface area is 126 Å². The van der Waals surface area contributed by atoms with Crippen LogP contribution in [0.2, 0.25) is 0 Å². The first-order chi connectivity index (χ1) is 8.62. The van der Waals surface area contributed by atoms with Crippen molar-refractivity contribution in [3.63, 3.8) is 0 Å². The molecule has 3 heteroatoms. The molecule has 0 saturated heterocycles. The van der Waals surface area contributed by atoms with Crippen LogP contribution in [0.15, 0.2) is 0 Å². The largest absolute Gasteiger partial charge is 0.381 e. The van der Waals surface area contributed by atoms with E-state index in [2.05, 4.69) is 43.4 Å². The van der Waals surface area contributed by atoms with Crippen LogP contribution in [0.1, 0.15) is 46.5 Å². The molecule has 0 bridgehead atoms. The van der Waals surface area contributed by atoms with E-state index in [4.69, 9.17) is 9.47 Å². The van der Waals surface area contributed by atoms with Crippen LogP contribution in [0.25, 0.3) is 0 Å². The Morgan fingerprint density at radius 1 is 1.28 bits per heavy atom. The zero-order chi connectivity index (χ0) is 13.5. The summed E-state index contributed by atoms with van der Waals surface area (Å²) in [4.78, 5) is 0. The molecule has 0 spiro atoms. The van der Waals surface area contributed by atoms with Crippen molar-refractivity contribution in [3.8, 4) is 0 Å². The molecule has 0 radical (unpaired) electrons. The number of halogens is 1. The van der Waals surface area contributed by atoms with E-state index in [1.165, 1.54) is 30.1 Å². The number of hydrogen-bond donors (Lipinski definition) is 0. The topological polar surface area (TPSA) is 18.5 Å². The molecule has 0 aliphatic heterocycles. The predicted octanol–water partition coefficient (Wildman–Crippen LogP) is 4.30. The Bertz CT molecular complexity index is 223. The maximum atomic E-state index is 6.05. The molecule has 0 amide bonds. The van der Waals surface area contributed by atoms with Gasteiger partial charge in [0.15, 0.2) is 0 Å². The van der Waals surface area contributed by atoms with Gasteiger partial charge in [0.05, 0.1) is 12.2 Å². The number of ether oxygens (including phenoxy) is 2. The van der Waals surface area contributed by atoms with Gasteiger partial charge in [0.2, 0.25) is 0 Å². The second kappa shape index (κ2) is 8.75.